The van der Waals surface area contributed by atoms with Crippen molar-refractivity contribution in [2.24, 2.45) is 5.92 Å². The average molecular weight is 591 g/mol. The quantitative estimate of drug-likeness (QED) is 0.349. The van der Waals surface area contributed by atoms with E-state index >= 15 is 0 Å². The lowest BCUT2D eigenvalue weighted by Crippen LogP contribution is -2.49. The minimum atomic E-state index is -1.26. The lowest BCUT2D eigenvalue weighted by atomic mass is 9.67. The summed E-state index contributed by atoms with van der Waals surface area (Å²) in [4.78, 5) is 37.3. The molecular formula is C33H35ClN2O6. The van der Waals surface area contributed by atoms with Crippen molar-refractivity contribution < 1.29 is 29.7 Å². The summed E-state index contributed by atoms with van der Waals surface area (Å²) >= 11 is 6.04. The van der Waals surface area contributed by atoms with Gasteiger partial charge in [0.1, 0.15) is 5.41 Å². The number of nitrogens with zero attached hydrogens (tertiary/aromatic N) is 2. The number of carboxylic acids is 2. The minimum absolute atomic E-state index is 0.108. The lowest BCUT2D eigenvalue weighted by molar-refractivity contribution is -0.134. The highest BCUT2D eigenvalue weighted by Crippen LogP contribution is 2.46. The van der Waals surface area contributed by atoms with E-state index in [1.54, 1.807) is 0 Å². The number of hydrogen-bond donors (Lipinski definition) is 3. The lowest BCUT2D eigenvalue weighted by Gasteiger charge is -2.42. The monoisotopic (exact) mass is 590 g/mol. The predicted octanol–water partition coefficient (Wildman–Crippen LogP) is 4.41. The van der Waals surface area contributed by atoms with E-state index in [4.69, 9.17) is 21.8 Å². The second-order valence-corrected chi connectivity index (χ2v) is 11.2. The van der Waals surface area contributed by atoms with Crippen molar-refractivity contribution in [2.45, 2.75) is 23.9 Å². The van der Waals surface area contributed by atoms with Crippen molar-refractivity contribution >= 4 is 29.4 Å². The maximum absolute atomic E-state index is 13.9. The van der Waals surface area contributed by atoms with Crippen LogP contribution in [0.4, 0.5) is 0 Å². The number of halogens is 1. The van der Waals surface area contributed by atoms with Crippen LogP contribution < -0.4 is 0 Å². The molecule has 2 saturated heterocycles. The smallest absolute Gasteiger partial charge is 0.328 e. The van der Waals surface area contributed by atoms with Crippen molar-refractivity contribution in [3.05, 3.63) is 119 Å². The van der Waals surface area contributed by atoms with Crippen LogP contribution in [0.1, 0.15) is 29.5 Å². The van der Waals surface area contributed by atoms with Gasteiger partial charge < -0.3 is 25.1 Å². The molecule has 42 heavy (non-hydrogen) atoms. The third-order valence-electron chi connectivity index (χ3n) is 8.16. The molecule has 2 heterocycles. The maximum Gasteiger partial charge on any atom is 0.328 e. The van der Waals surface area contributed by atoms with E-state index in [2.05, 4.69) is 29.2 Å². The highest BCUT2D eigenvalue weighted by atomic mass is 35.5. The number of carboxylic acid groups (broad SMARTS) is 2. The van der Waals surface area contributed by atoms with Crippen LogP contribution in [0, 0.1) is 5.92 Å². The van der Waals surface area contributed by atoms with Gasteiger partial charge in [-0.15, -0.1) is 0 Å². The first-order chi connectivity index (χ1) is 20.1. The molecule has 8 nitrogen and oxygen atoms in total. The van der Waals surface area contributed by atoms with E-state index in [0.717, 1.165) is 36.3 Å². The maximum atomic E-state index is 13.9. The Balaban J connectivity index is 0.000000446. The highest BCUT2D eigenvalue weighted by Gasteiger charge is 2.55. The molecule has 9 heteroatoms. The summed E-state index contributed by atoms with van der Waals surface area (Å²) in [6, 6.07) is 28.0. The first-order valence-electron chi connectivity index (χ1n) is 13.8. The number of rotatable bonds is 7. The average Bonchev–Trinajstić information content (AvgIpc) is 3.24. The van der Waals surface area contributed by atoms with Crippen LogP contribution in [0.2, 0.25) is 5.02 Å². The van der Waals surface area contributed by atoms with Gasteiger partial charge in [-0.2, -0.15) is 0 Å². The fourth-order valence-electron chi connectivity index (χ4n) is 6.12. The summed E-state index contributed by atoms with van der Waals surface area (Å²) in [5.74, 6) is -2.25. The first-order valence-corrected chi connectivity index (χ1v) is 14.2. The van der Waals surface area contributed by atoms with Crippen LogP contribution in [0.25, 0.3) is 0 Å². The number of aliphatic hydroxyl groups is 1. The van der Waals surface area contributed by atoms with Crippen molar-refractivity contribution in [1.29, 1.82) is 0 Å². The standard InChI is InChI=1S/C29H31ClN2O2.C4H4O4/c1-31-20-25(21-32-18-16-28(34,17-19-32)22-12-14-26(30)15-13-22)29(27(31)33,23-8-4-2-5-9-23)24-10-6-3-7-11-24;5-3(6)1-2-4(7)8/h2-15,25,34H,16-21H2,1H3;1-2H,(H,5,6)(H,7,8). The molecule has 0 spiro atoms. The van der Waals surface area contributed by atoms with Gasteiger partial charge in [-0.3, -0.25) is 4.79 Å². The number of carbonyl (C=O) groups is 3. The van der Waals surface area contributed by atoms with E-state index in [9.17, 15) is 19.5 Å². The molecule has 0 radical (unpaired) electrons. The van der Waals surface area contributed by atoms with Gasteiger partial charge in [-0.05, 0) is 41.7 Å². The molecule has 5 rings (SSSR count). The summed E-state index contributed by atoms with van der Waals surface area (Å²) in [7, 11) is 1.92. The second kappa shape index (κ2) is 13.3. The summed E-state index contributed by atoms with van der Waals surface area (Å²) in [6.45, 7) is 3.08. The van der Waals surface area contributed by atoms with Crippen LogP contribution in [0.15, 0.2) is 97.1 Å². The van der Waals surface area contributed by atoms with Crippen molar-refractivity contribution in [2.75, 3.05) is 33.2 Å². The molecule has 3 aromatic rings. The van der Waals surface area contributed by atoms with Gasteiger partial charge in [0.05, 0.1) is 5.60 Å². The predicted molar refractivity (Wildman–Crippen MR) is 160 cm³/mol. The second-order valence-electron chi connectivity index (χ2n) is 10.8. The highest BCUT2D eigenvalue weighted by molar-refractivity contribution is 6.30. The Hall–Kier alpha value is -3.98. The Kier molecular flexibility index (Phi) is 9.83. The van der Waals surface area contributed by atoms with Gasteiger partial charge in [0.2, 0.25) is 5.91 Å². The number of likely N-dealkylation sites (N-methyl/N-ethyl adjacent to an activating group) is 1. The van der Waals surface area contributed by atoms with Crippen LogP contribution in [0.5, 0.6) is 0 Å². The topological polar surface area (TPSA) is 118 Å². The van der Waals surface area contributed by atoms with Crippen LogP contribution in [-0.4, -0.2) is 76.2 Å². The number of amides is 1. The van der Waals surface area contributed by atoms with E-state index in [1.807, 2.05) is 72.6 Å². The molecule has 2 aliphatic heterocycles. The van der Waals surface area contributed by atoms with Crippen molar-refractivity contribution in [3.63, 3.8) is 0 Å². The van der Waals surface area contributed by atoms with Gasteiger partial charge in [0.25, 0.3) is 0 Å². The van der Waals surface area contributed by atoms with Crippen molar-refractivity contribution in [3.8, 4) is 0 Å². The molecule has 1 amide bonds. The van der Waals surface area contributed by atoms with E-state index < -0.39 is 23.0 Å². The van der Waals surface area contributed by atoms with Crippen molar-refractivity contribution in [1.82, 2.24) is 9.80 Å². The molecule has 3 N–H and O–H groups in total. The van der Waals surface area contributed by atoms with Crippen LogP contribution in [-0.2, 0) is 25.4 Å². The molecule has 0 bridgehead atoms. The third-order valence-corrected chi connectivity index (χ3v) is 8.41. The molecule has 2 fully saturated rings. The molecule has 1 unspecified atom stereocenters. The Bertz CT molecular complexity index is 1350. The van der Waals surface area contributed by atoms with Gasteiger partial charge in [-0.25, -0.2) is 9.59 Å². The summed E-state index contributed by atoms with van der Waals surface area (Å²) in [6.07, 6.45) is 2.44. The molecule has 0 aromatic heterocycles. The molecule has 1 atom stereocenters. The molecule has 0 aliphatic carbocycles. The largest absolute Gasteiger partial charge is 0.478 e. The van der Waals surface area contributed by atoms with E-state index in [0.29, 0.717) is 36.6 Å². The fourth-order valence-corrected chi connectivity index (χ4v) is 6.24. The third kappa shape index (κ3) is 6.73. The normalized spacial score (nSPS) is 19.7. The van der Waals surface area contributed by atoms with E-state index in [1.165, 1.54) is 0 Å². The zero-order valence-electron chi connectivity index (χ0n) is 23.4. The van der Waals surface area contributed by atoms with Gasteiger partial charge in [0.15, 0.2) is 0 Å². The van der Waals surface area contributed by atoms with Gasteiger partial charge in [-0.1, -0.05) is 84.4 Å². The van der Waals surface area contributed by atoms with Crippen LogP contribution >= 0.6 is 11.6 Å². The summed E-state index contributed by atoms with van der Waals surface area (Å²) < 4.78 is 0. The zero-order chi connectivity index (χ0) is 30.3. The Morgan fingerprint density at radius 2 is 1.31 bits per heavy atom. The summed E-state index contributed by atoms with van der Waals surface area (Å²) in [5, 5.41) is 27.6. The zero-order valence-corrected chi connectivity index (χ0v) is 24.2. The number of hydrogen-bond acceptors (Lipinski definition) is 5. The Morgan fingerprint density at radius 1 is 0.833 bits per heavy atom. The number of benzene rings is 3. The molecule has 2 aliphatic rings. The summed E-state index contributed by atoms with van der Waals surface area (Å²) in [5.41, 5.74) is 1.49. The fraction of sp³-hybridized carbons (Fsp3) is 0.303. The number of carbonyl (C=O) groups excluding carboxylic acids is 1. The van der Waals surface area contributed by atoms with Crippen LogP contribution in [0.3, 0.4) is 0 Å². The minimum Gasteiger partial charge on any atom is -0.478 e. The number of piperidine rings is 1. The molecular weight excluding hydrogens is 556 g/mol. The van der Waals surface area contributed by atoms with Gasteiger partial charge >= 0.3 is 11.9 Å². The number of aliphatic carboxylic acids is 2. The molecule has 3 aromatic carbocycles. The first kappa shape index (κ1) is 31.0. The molecule has 0 saturated carbocycles. The van der Waals surface area contributed by atoms with E-state index in [-0.39, 0.29) is 11.8 Å². The Morgan fingerprint density at radius 3 is 1.76 bits per heavy atom. The SMILES string of the molecule is CN1CC(CN2CCC(O)(c3ccc(Cl)cc3)CC2)C(c2ccccc2)(c2ccccc2)C1=O.O=C(O)C=CC(=O)O. The molecule has 220 valence electrons. The Labute approximate surface area is 250 Å². The van der Waals surface area contributed by atoms with Gasteiger partial charge in [0, 0.05) is 56.3 Å². The number of likely N-dealkylation sites (tertiary alicyclic amines) is 2.